The number of aliphatic hydroxyl groups excluding tert-OH is 1. The Morgan fingerprint density at radius 1 is 1.19 bits per heavy atom. The molecule has 1 aliphatic rings. The lowest BCUT2D eigenvalue weighted by Crippen LogP contribution is -2.30. The summed E-state index contributed by atoms with van der Waals surface area (Å²) in [6.45, 7) is 1.85. The van der Waals surface area contributed by atoms with Crippen LogP contribution < -0.4 is 4.74 Å². The van der Waals surface area contributed by atoms with Gasteiger partial charge in [-0.15, -0.1) is 10.2 Å². The number of hydrogen-bond acceptors (Lipinski definition) is 7. The van der Waals surface area contributed by atoms with Gasteiger partial charge in [0.15, 0.2) is 23.5 Å². The average molecular weight is 453 g/mol. The molecule has 4 aromatic rings. The van der Waals surface area contributed by atoms with Crippen LogP contribution in [0, 0.1) is 5.82 Å². The second kappa shape index (κ2) is 7.85. The van der Waals surface area contributed by atoms with Crippen LogP contribution in [0.4, 0.5) is 4.39 Å². The van der Waals surface area contributed by atoms with E-state index < -0.39 is 18.1 Å². The summed E-state index contributed by atoms with van der Waals surface area (Å²) in [5, 5.41) is 19.7. The molecule has 162 valence electrons. The summed E-state index contributed by atoms with van der Waals surface area (Å²) in [5.74, 6) is 0.470. The molecular weight excluding hydrogens is 435 g/mol. The van der Waals surface area contributed by atoms with Crippen LogP contribution in [0.15, 0.2) is 49.1 Å². The van der Waals surface area contributed by atoms with E-state index in [1.807, 2.05) is 6.92 Å². The molecular formula is C22H18ClFN6O2. The van der Waals surface area contributed by atoms with Crippen molar-refractivity contribution in [2.24, 2.45) is 0 Å². The van der Waals surface area contributed by atoms with E-state index in [4.69, 9.17) is 16.3 Å². The van der Waals surface area contributed by atoms with Crippen molar-refractivity contribution in [3.05, 3.63) is 77.0 Å². The molecule has 0 fully saturated rings. The number of aliphatic hydroxyl groups is 1. The van der Waals surface area contributed by atoms with Gasteiger partial charge in [-0.2, -0.15) is 0 Å². The molecule has 1 unspecified atom stereocenters. The molecule has 5 rings (SSSR count). The lowest BCUT2D eigenvalue weighted by molar-refractivity contribution is 0.00795. The maximum atomic E-state index is 14.8. The maximum absolute atomic E-state index is 14.8. The second-order valence-corrected chi connectivity index (χ2v) is 7.79. The molecule has 32 heavy (non-hydrogen) atoms. The van der Waals surface area contributed by atoms with Gasteiger partial charge in [-0.05, 0) is 37.3 Å². The Balaban J connectivity index is 1.55. The van der Waals surface area contributed by atoms with Gasteiger partial charge in [-0.1, -0.05) is 11.6 Å². The van der Waals surface area contributed by atoms with Gasteiger partial charge in [0.2, 0.25) is 0 Å². The fourth-order valence-electron chi connectivity index (χ4n) is 3.75. The van der Waals surface area contributed by atoms with Crippen LogP contribution in [0.3, 0.4) is 0 Å². The molecule has 1 aliphatic heterocycles. The number of methoxy groups -OCH3 is 1. The van der Waals surface area contributed by atoms with E-state index in [0.29, 0.717) is 39.1 Å². The van der Waals surface area contributed by atoms with Gasteiger partial charge < -0.3 is 14.7 Å². The number of hydrogen-bond donors (Lipinski definition) is 1. The number of rotatable bonds is 4. The SMILES string of the molecule is COc1cnc2c(c1)C(O)N([C@H](C)c1nnc3c(F)cc(-c4ccc(Cl)cn4)cn13)C=C2. The molecule has 2 atom stereocenters. The van der Waals surface area contributed by atoms with E-state index in [9.17, 15) is 9.50 Å². The van der Waals surface area contributed by atoms with Gasteiger partial charge in [0.1, 0.15) is 5.75 Å². The lowest BCUT2D eigenvalue weighted by Gasteiger charge is -2.34. The third-order valence-electron chi connectivity index (χ3n) is 5.46. The smallest absolute Gasteiger partial charge is 0.197 e. The van der Waals surface area contributed by atoms with Crippen molar-refractivity contribution in [3.63, 3.8) is 0 Å². The lowest BCUT2D eigenvalue weighted by atomic mass is 10.1. The summed E-state index contributed by atoms with van der Waals surface area (Å²) in [5.41, 5.74) is 2.45. The van der Waals surface area contributed by atoms with Crippen molar-refractivity contribution >= 4 is 23.3 Å². The summed E-state index contributed by atoms with van der Waals surface area (Å²) in [4.78, 5) is 10.3. The highest BCUT2D eigenvalue weighted by molar-refractivity contribution is 6.30. The fraction of sp³-hybridized carbons (Fsp3) is 0.182. The molecule has 0 saturated carbocycles. The average Bonchev–Trinajstić information content (AvgIpc) is 3.24. The Bertz CT molecular complexity index is 1340. The third kappa shape index (κ3) is 3.35. The van der Waals surface area contributed by atoms with Crippen molar-refractivity contribution in [2.45, 2.75) is 19.2 Å². The van der Waals surface area contributed by atoms with Crippen LogP contribution in [0.5, 0.6) is 5.75 Å². The fourth-order valence-corrected chi connectivity index (χ4v) is 3.86. The summed E-state index contributed by atoms with van der Waals surface area (Å²) in [6, 6.07) is 6.06. The Labute approximate surface area is 187 Å². The number of halogens is 2. The first kappa shape index (κ1) is 20.3. The van der Waals surface area contributed by atoms with Crippen LogP contribution in [0.2, 0.25) is 5.02 Å². The molecule has 5 heterocycles. The molecule has 0 radical (unpaired) electrons. The molecule has 10 heteroatoms. The predicted molar refractivity (Wildman–Crippen MR) is 116 cm³/mol. The monoisotopic (exact) mass is 452 g/mol. The highest BCUT2D eigenvalue weighted by atomic mass is 35.5. The molecule has 0 spiro atoms. The largest absolute Gasteiger partial charge is 0.495 e. The standard InChI is InChI=1S/C22H18ClFN6O2/c1-12(29-6-5-19-16(22(29)31)8-15(32-2)10-26-19)20-27-28-21-17(24)7-13(11-30(20)21)18-4-3-14(23)9-25-18/h3-12,22,31H,1-2H3/t12-,22?/m1/s1. The second-order valence-electron chi connectivity index (χ2n) is 7.35. The minimum Gasteiger partial charge on any atom is -0.495 e. The van der Waals surface area contributed by atoms with Gasteiger partial charge in [0.05, 0.1) is 35.8 Å². The van der Waals surface area contributed by atoms with E-state index in [0.717, 1.165) is 0 Å². The van der Waals surface area contributed by atoms with Crippen LogP contribution in [0.1, 0.15) is 36.3 Å². The number of pyridine rings is 3. The summed E-state index contributed by atoms with van der Waals surface area (Å²) < 4.78 is 21.6. The van der Waals surface area contributed by atoms with E-state index in [1.54, 1.807) is 59.3 Å². The number of fused-ring (bicyclic) bond motifs is 2. The van der Waals surface area contributed by atoms with E-state index in [2.05, 4.69) is 20.2 Å². The van der Waals surface area contributed by atoms with Crippen molar-refractivity contribution in [2.75, 3.05) is 7.11 Å². The van der Waals surface area contributed by atoms with Gasteiger partial charge in [-0.3, -0.25) is 14.4 Å². The van der Waals surface area contributed by atoms with Gasteiger partial charge in [0, 0.05) is 29.7 Å². The first-order chi connectivity index (χ1) is 15.5. The van der Waals surface area contributed by atoms with E-state index >= 15 is 0 Å². The minimum absolute atomic E-state index is 0.0868. The van der Waals surface area contributed by atoms with Crippen molar-refractivity contribution in [3.8, 4) is 17.0 Å². The molecule has 0 aromatic carbocycles. The molecule has 0 amide bonds. The van der Waals surface area contributed by atoms with Crippen LogP contribution in [-0.2, 0) is 0 Å². The molecule has 8 nitrogen and oxygen atoms in total. The number of ether oxygens (including phenoxy) is 1. The number of aromatic nitrogens is 5. The molecule has 0 bridgehead atoms. The highest BCUT2D eigenvalue weighted by Gasteiger charge is 2.30. The predicted octanol–water partition coefficient (Wildman–Crippen LogP) is 4.03. The first-order valence-electron chi connectivity index (χ1n) is 9.80. The Morgan fingerprint density at radius 2 is 2.03 bits per heavy atom. The van der Waals surface area contributed by atoms with Gasteiger partial charge in [-0.25, -0.2) is 4.39 Å². The Kier molecular flexibility index (Phi) is 4.99. The summed E-state index contributed by atoms with van der Waals surface area (Å²) in [6.07, 6.45) is 7.36. The van der Waals surface area contributed by atoms with E-state index in [1.165, 1.54) is 12.3 Å². The number of nitrogens with zero attached hydrogens (tertiary/aromatic N) is 6. The zero-order chi connectivity index (χ0) is 22.4. The molecule has 0 saturated heterocycles. The Hall–Kier alpha value is -3.56. The summed E-state index contributed by atoms with van der Waals surface area (Å²) >= 11 is 5.92. The van der Waals surface area contributed by atoms with Crippen molar-refractivity contribution in [1.29, 1.82) is 0 Å². The van der Waals surface area contributed by atoms with Gasteiger partial charge >= 0.3 is 0 Å². The normalized spacial score (nSPS) is 16.3. The Morgan fingerprint density at radius 3 is 2.78 bits per heavy atom. The zero-order valence-electron chi connectivity index (χ0n) is 17.1. The molecule has 0 aliphatic carbocycles. The van der Waals surface area contributed by atoms with Gasteiger partial charge in [0.25, 0.3) is 0 Å². The highest BCUT2D eigenvalue weighted by Crippen LogP contribution is 2.35. The zero-order valence-corrected chi connectivity index (χ0v) is 17.9. The molecule has 1 N–H and O–H groups in total. The maximum Gasteiger partial charge on any atom is 0.197 e. The van der Waals surface area contributed by atoms with Crippen molar-refractivity contribution in [1.82, 2.24) is 29.5 Å². The topological polar surface area (TPSA) is 88.7 Å². The molecule has 4 aromatic heterocycles. The van der Waals surface area contributed by atoms with Crippen LogP contribution >= 0.6 is 11.6 Å². The quantitative estimate of drug-likeness (QED) is 0.500. The first-order valence-corrected chi connectivity index (χ1v) is 10.2. The van der Waals surface area contributed by atoms with Crippen LogP contribution in [0.25, 0.3) is 23.0 Å². The van der Waals surface area contributed by atoms with E-state index in [-0.39, 0.29) is 5.65 Å². The summed E-state index contributed by atoms with van der Waals surface area (Å²) in [7, 11) is 1.54. The van der Waals surface area contributed by atoms with Crippen molar-refractivity contribution < 1.29 is 14.2 Å². The van der Waals surface area contributed by atoms with Crippen LogP contribution in [-0.4, -0.2) is 41.7 Å². The minimum atomic E-state index is -0.995. The third-order valence-corrected chi connectivity index (χ3v) is 5.68.